The van der Waals surface area contributed by atoms with E-state index >= 15 is 0 Å². The molecule has 0 amide bonds. The van der Waals surface area contributed by atoms with Crippen LogP contribution in [0.1, 0.15) is 10.6 Å². The summed E-state index contributed by atoms with van der Waals surface area (Å²) in [6.07, 6.45) is 2.84. The number of pyridine rings is 1. The van der Waals surface area contributed by atoms with Crippen molar-refractivity contribution in [2.45, 2.75) is 13.0 Å². The Labute approximate surface area is 104 Å². The summed E-state index contributed by atoms with van der Waals surface area (Å²) in [7, 11) is 1.62. The number of nitrogens with one attached hydrogen (secondary N) is 1. The summed E-state index contributed by atoms with van der Waals surface area (Å²) < 4.78 is 5.05. The highest BCUT2D eigenvalue weighted by molar-refractivity contribution is 7.15. The standard InChI is InChI=1S/C12H13N3OS/c1-16-11-3-2-8(6-14-11)12-15-9-4-5-13-7-10(9)17-12/h2-3,6,13H,4-5,7H2,1H3. The zero-order valence-corrected chi connectivity index (χ0v) is 10.4. The lowest BCUT2D eigenvalue weighted by atomic mass is 10.2. The SMILES string of the molecule is COc1ccc(-c2nc3c(s2)CNCC3)cn1. The largest absolute Gasteiger partial charge is 0.481 e. The molecule has 1 N–H and O–H groups in total. The number of thiazole rings is 1. The highest BCUT2D eigenvalue weighted by atomic mass is 32.1. The molecule has 0 unspecified atom stereocenters. The van der Waals surface area contributed by atoms with Gasteiger partial charge in [-0.1, -0.05) is 0 Å². The number of aromatic nitrogens is 2. The molecule has 0 saturated carbocycles. The van der Waals surface area contributed by atoms with E-state index in [9.17, 15) is 0 Å². The van der Waals surface area contributed by atoms with E-state index in [1.807, 2.05) is 18.3 Å². The average molecular weight is 247 g/mol. The summed E-state index contributed by atoms with van der Waals surface area (Å²) >= 11 is 1.75. The lowest BCUT2D eigenvalue weighted by Gasteiger charge is -2.09. The van der Waals surface area contributed by atoms with E-state index in [4.69, 9.17) is 4.74 Å². The van der Waals surface area contributed by atoms with Crippen LogP contribution in [0, 0.1) is 0 Å². The van der Waals surface area contributed by atoms with E-state index in [1.54, 1.807) is 18.4 Å². The van der Waals surface area contributed by atoms with Gasteiger partial charge in [0, 0.05) is 42.2 Å². The molecule has 1 aliphatic rings. The van der Waals surface area contributed by atoms with Crippen LogP contribution >= 0.6 is 11.3 Å². The molecule has 0 aliphatic carbocycles. The van der Waals surface area contributed by atoms with Gasteiger partial charge in [-0.3, -0.25) is 0 Å². The van der Waals surface area contributed by atoms with Gasteiger partial charge in [0.2, 0.25) is 5.88 Å². The van der Waals surface area contributed by atoms with Gasteiger partial charge in [-0.05, 0) is 6.07 Å². The Morgan fingerprint density at radius 2 is 2.35 bits per heavy atom. The second-order valence-electron chi connectivity index (χ2n) is 3.90. The highest BCUT2D eigenvalue weighted by Gasteiger charge is 2.15. The minimum atomic E-state index is 0.636. The molecular formula is C12H13N3OS. The fraction of sp³-hybridized carbons (Fsp3) is 0.333. The van der Waals surface area contributed by atoms with Crippen LogP contribution in [0.3, 0.4) is 0 Å². The number of ether oxygens (including phenoxy) is 1. The fourth-order valence-corrected chi connectivity index (χ4v) is 2.94. The van der Waals surface area contributed by atoms with Gasteiger partial charge in [-0.25, -0.2) is 9.97 Å². The molecule has 4 nitrogen and oxygen atoms in total. The van der Waals surface area contributed by atoms with Gasteiger partial charge >= 0.3 is 0 Å². The maximum Gasteiger partial charge on any atom is 0.212 e. The van der Waals surface area contributed by atoms with E-state index in [-0.39, 0.29) is 0 Å². The molecule has 0 atom stereocenters. The molecule has 17 heavy (non-hydrogen) atoms. The Bertz CT molecular complexity index is 498. The zero-order chi connectivity index (χ0) is 11.7. The van der Waals surface area contributed by atoms with E-state index in [0.29, 0.717) is 5.88 Å². The maximum atomic E-state index is 5.05. The molecule has 2 aromatic rings. The fourth-order valence-electron chi connectivity index (χ4n) is 1.88. The second kappa shape index (κ2) is 4.43. The predicted octanol–water partition coefficient (Wildman–Crippen LogP) is 1.86. The summed E-state index contributed by atoms with van der Waals surface area (Å²) in [5, 5.41) is 4.41. The van der Waals surface area contributed by atoms with Crippen molar-refractivity contribution in [1.29, 1.82) is 0 Å². The van der Waals surface area contributed by atoms with Crippen LogP contribution < -0.4 is 10.1 Å². The van der Waals surface area contributed by atoms with Crippen molar-refractivity contribution in [2.75, 3.05) is 13.7 Å². The third kappa shape index (κ3) is 2.03. The maximum absolute atomic E-state index is 5.05. The second-order valence-corrected chi connectivity index (χ2v) is 4.99. The van der Waals surface area contributed by atoms with Gasteiger partial charge in [0.05, 0.1) is 12.8 Å². The van der Waals surface area contributed by atoms with Crippen molar-refractivity contribution < 1.29 is 4.74 Å². The van der Waals surface area contributed by atoms with Crippen LogP contribution in [0.5, 0.6) is 5.88 Å². The molecular weight excluding hydrogens is 234 g/mol. The number of hydrogen-bond donors (Lipinski definition) is 1. The van der Waals surface area contributed by atoms with Crippen molar-refractivity contribution in [1.82, 2.24) is 15.3 Å². The molecule has 0 aromatic carbocycles. The van der Waals surface area contributed by atoms with Gasteiger partial charge in [0.25, 0.3) is 0 Å². The third-order valence-electron chi connectivity index (χ3n) is 2.79. The molecule has 2 aromatic heterocycles. The number of methoxy groups -OCH3 is 1. The van der Waals surface area contributed by atoms with Crippen molar-refractivity contribution >= 4 is 11.3 Å². The Hall–Kier alpha value is -1.46. The van der Waals surface area contributed by atoms with Crippen molar-refractivity contribution in [3.8, 4) is 16.5 Å². The molecule has 0 fully saturated rings. The summed E-state index contributed by atoms with van der Waals surface area (Å²) in [6, 6.07) is 3.87. The van der Waals surface area contributed by atoms with Crippen LogP contribution in [0.25, 0.3) is 10.6 Å². The first-order valence-corrected chi connectivity index (χ1v) is 6.38. The van der Waals surface area contributed by atoms with Crippen LogP contribution in [-0.4, -0.2) is 23.6 Å². The molecule has 0 radical (unpaired) electrons. The number of nitrogens with zero attached hydrogens (tertiary/aromatic N) is 2. The Morgan fingerprint density at radius 1 is 1.41 bits per heavy atom. The summed E-state index contributed by atoms with van der Waals surface area (Å²) in [5.41, 5.74) is 2.30. The van der Waals surface area contributed by atoms with Gasteiger partial charge in [-0.2, -0.15) is 0 Å². The Morgan fingerprint density at radius 3 is 3.06 bits per heavy atom. The average Bonchev–Trinajstić information content (AvgIpc) is 2.82. The first-order chi connectivity index (χ1) is 8.36. The lowest BCUT2D eigenvalue weighted by molar-refractivity contribution is 0.398. The first-order valence-electron chi connectivity index (χ1n) is 5.56. The number of fused-ring (bicyclic) bond motifs is 1. The highest BCUT2D eigenvalue weighted by Crippen LogP contribution is 2.29. The first kappa shape index (κ1) is 10.7. The molecule has 0 spiro atoms. The molecule has 88 valence electrons. The third-order valence-corrected chi connectivity index (χ3v) is 3.94. The monoisotopic (exact) mass is 247 g/mol. The van der Waals surface area contributed by atoms with Gasteiger partial charge in [0.15, 0.2) is 0 Å². The smallest absolute Gasteiger partial charge is 0.212 e. The molecule has 3 rings (SSSR count). The van der Waals surface area contributed by atoms with Crippen LogP contribution in [-0.2, 0) is 13.0 Å². The summed E-state index contributed by atoms with van der Waals surface area (Å²) in [4.78, 5) is 10.2. The van der Waals surface area contributed by atoms with Gasteiger partial charge < -0.3 is 10.1 Å². The van der Waals surface area contributed by atoms with Gasteiger partial charge in [-0.15, -0.1) is 11.3 Å². The van der Waals surface area contributed by atoms with Crippen molar-refractivity contribution in [2.24, 2.45) is 0 Å². The normalized spacial score (nSPS) is 14.4. The minimum Gasteiger partial charge on any atom is -0.481 e. The van der Waals surface area contributed by atoms with Crippen LogP contribution in [0.15, 0.2) is 18.3 Å². The number of hydrogen-bond acceptors (Lipinski definition) is 5. The summed E-state index contributed by atoms with van der Waals surface area (Å²) in [6.45, 7) is 1.97. The van der Waals surface area contributed by atoms with Crippen LogP contribution in [0.4, 0.5) is 0 Å². The zero-order valence-electron chi connectivity index (χ0n) is 9.56. The quantitative estimate of drug-likeness (QED) is 0.880. The molecule has 1 aliphatic heterocycles. The van der Waals surface area contributed by atoms with Gasteiger partial charge in [0.1, 0.15) is 5.01 Å². The van der Waals surface area contributed by atoms with E-state index in [2.05, 4.69) is 15.3 Å². The Kier molecular flexibility index (Phi) is 2.78. The molecule has 3 heterocycles. The topological polar surface area (TPSA) is 47.0 Å². The van der Waals surface area contributed by atoms with Crippen molar-refractivity contribution in [3.05, 3.63) is 28.9 Å². The lowest BCUT2D eigenvalue weighted by Crippen LogP contribution is -2.22. The van der Waals surface area contributed by atoms with E-state index < -0.39 is 0 Å². The van der Waals surface area contributed by atoms with E-state index in [0.717, 1.165) is 30.1 Å². The predicted molar refractivity (Wildman–Crippen MR) is 67.3 cm³/mol. The van der Waals surface area contributed by atoms with Crippen LogP contribution in [0.2, 0.25) is 0 Å². The summed E-state index contributed by atoms with van der Waals surface area (Å²) in [5.74, 6) is 0.636. The Balaban J connectivity index is 1.94. The van der Waals surface area contributed by atoms with Crippen molar-refractivity contribution in [3.63, 3.8) is 0 Å². The minimum absolute atomic E-state index is 0.636. The molecule has 5 heteroatoms. The molecule has 0 bridgehead atoms. The molecule has 0 saturated heterocycles. The number of rotatable bonds is 2. The van der Waals surface area contributed by atoms with E-state index in [1.165, 1.54) is 10.6 Å².